The van der Waals surface area contributed by atoms with Crippen molar-refractivity contribution < 1.29 is 9.34 Å². The van der Waals surface area contributed by atoms with Crippen molar-refractivity contribution in [1.82, 2.24) is 10.2 Å². The Hall–Kier alpha value is -1.40. The number of nitro groups is 1. The Morgan fingerprint density at radius 3 is 2.95 bits per heavy atom. The molecule has 0 aromatic carbocycles. The Morgan fingerprint density at radius 1 is 1.53 bits per heavy atom. The number of nitrogens with one attached hydrogen (secondary N) is 1. The summed E-state index contributed by atoms with van der Waals surface area (Å²) in [5.74, 6) is 0.954. The van der Waals surface area contributed by atoms with E-state index in [2.05, 4.69) is 17.3 Å². The van der Waals surface area contributed by atoms with E-state index in [1.807, 2.05) is 7.05 Å². The molecule has 0 bridgehead atoms. The van der Waals surface area contributed by atoms with Gasteiger partial charge in [0.15, 0.2) is 0 Å². The summed E-state index contributed by atoms with van der Waals surface area (Å²) < 4.78 is 5.42. The standard InChI is InChI=1S/C13H21N3O3/c1-14-9-10-5-3-4-8-15(2)13(10)11-6-7-12(19-11)16(17)18/h6-7,10,13-14H,3-5,8-9H2,1-2H3. The minimum Gasteiger partial charge on any atom is -0.404 e. The van der Waals surface area contributed by atoms with Crippen molar-refractivity contribution in [3.63, 3.8) is 0 Å². The number of hydrogen-bond acceptors (Lipinski definition) is 5. The molecule has 1 aliphatic heterocycles. The first-order valence-corrected chi connectivity index (χ1v) is 6.72. The van der Waals surface area contributed by atoms with Crippen LogP contribution in [0.25, 0.3) is 0 Å². The van der Waals surface area contributed by atoms with Crippen LogP contribution in [0.1, 0.15) is 31.1 Å². The number of rotatable bonds is 4. The maximum absolute atomic E-state index is 10.7. The number of nitrogens with zero attached hydrogens (tertiary/aromatic N) is 2. The van der Waals surface area contributed by atoms with E-state index < -0.39 is 4.92 Å². The summed E-state index contributed by atoms with van der Waals surface area (Å²) in [7, 11) is 4.00. The Kier molecular flexibility index (Phi) is 4.55. The van der Waals surface area contributed by atoms with E-state index in [-0.39, 0.29) is 11.9 Å². The number of hydrogen-bond donors (Lipinski definition) is 1. The predicted octanol–water partition coefficient (Wildman–Crippen LogP) is 2.18. The minimum absolute atomic E-state index is 0.114. The van der Waals surface area contributed by atoms with E-state index in [4.69, 9.17) is 4.42 Å². The molecule has 0 radical (unpaired) electrons. The van der Waals surface area contributed by atoms with Crippen molar-refractivity contribution in [3.8, 4) is 0 Å². The van der Waals surface area contributed by atoms with Crippen LogP contribution < -0.4 is 5.32 Å². The summed E-state index contributed by atoms with van der Waals surface area (Å²) in [5.41, 5.74) is 0. The molecule has 0 amide bonds. The highest BCUT2D eigenvalue weighted by Crippen LogP contribution is 2.35. The zero-order valence-corrected chi connectivity index (χ0v) is 11.5. The molecule has 0 saturated carbocycles. The van der Waals surface area contributed by atoms with Crippen molar-refractivity contribution in [2.45, 2.75) is 25.3 Å². The van der Waals surface area contributed by atoms with Gasteiger partial charge in [0.25, 0.3) is 0 Å². The second kappa shape index (κ2) is 6.16. The summed E-state index contributed by atoms with van der Waals surface area (Å²) in [6, 6.07) is 3.31. The van der Waals surface area contributed by atoms with Crippen LogP contribution in [0.2, 0.25) is 0 Å². The normalized spacial score (nSPS) is 25.2. The molecule has 2 heterocycles. The molecule has 6 nitrogen and oxygen atoms in total. The highest BCUT2D eigenvalue weighted by atomic mass is 16.6. The molecule has 1 fully saturated rings. The highest BCUT2D eigenvalue weighted by molar-refractivity contribution is 5.20. The smallest absolute Gasteiger partial charge is 0.404 e. The van der Waals surface area contributed by atoms with Gasteiger partial charge in [-0.05, 0) is 52.0 Å². The van der Waals surface area contributed by atoms with Crippen molar-refractivity contribution in [1.29, 1.82) is 0 Å². The van der Waals surface area contributed by atoms with Gasteiger partial charge < -0.3 is 9.73 Å². The lowest BCUT2D eigenvalue weighted by molar-refractivity contribution is -0.402. The Labute approximate surface area is 112 Å². The van der Waals surface area contributed by atoms with Crippen molar-refractivity contribution in [2.24, 2.45) is 5.92 Å². The van der Waals surface area contributed by atoms with Crippen LogP contribution in [0, 0.1) is 16.0 Å². The second-order valence-corrected chi connectivity index (χ2v) is 5.17. The Bertz CT molecular complexity index is 433. The van der Waals surface area contributed by atoms with Gasteiger partial charge in [0.2, 0.25) is 0 Å². The van der Waals surface area contributed by atoms with Gasteiger partial charge >= 0.3 is 5.88 Å². The molecule has 1 saturated heterocycles. The molecule has 1 N–H and O–H groups in total. The number of furan rings is 1. The summed E-state index contributed by atoms with van der Waals surface area (Å²) in [4.78, 5) is 12.5. The monoisotopic (exact) mass is 267 g/mol. The first kappa shape index (κ1) is 14.0. The van der Waals surface area contributed by atoms with Gasteiger partial charge in [-0.3, -0.25) is 15.0 Å². The van der Waals surface area contributed by atoms with Gasteiger partial charge in [-0.15, -0.1) is 0 Å². The van der Waals surface area contributed by atoms with E-state index in [0.29, 0.717) is 11.7 Å². The molecule has 1 aliphatic rings. The van der Waals surface area contributed by atoms with Gasteiger partial charge in [0, 0.05) is 0 Å². The topological polar surface area (TPSA) is 71.5 Å². The molecule has 19 heavy (non-hydrogen) atoms. The third-order valence-corrected chi connectivity index (χ3v) is 3.81. The lowest BCUT2D eigenvalue weighted by atomic mass is 9.93. The maximum Gasteiger partial charge on any atom is 0.433 e. The Balaban J connectivity index is 2.26. The van der Waals surface area contributed by atoms with Crippen molar-refractivity contribution in [2.75, 3.05) is 27.2 Å². The average molecular weight is 267 g/mol. The average Bonchev–Trinajstić information content (AvgIpc) is 2.77. The lowest BCUT2D eigenvalue weighted by Gasteiger charge is -2.30. The predicted molar refractivity (Wildman–Crippen MR) is 72.0 cm³/mol. The molecule has 1 aromatic heterocycles. The quantitative estimate of drug-likeness (QED) is 0.668. The van der Waals surface area contributed by atoms with Gasteiger partial charge in [0.1, 0.15) is 10.7 Å². The first-order chi connectivity index (χ1) is 9.13. The highest BCUT2D eigenvalue weighted by Gasteiger charge is 2.32. The number of likely N-dealkylation sites (tertiary alicyclic amines) is 1. The molecule has 1 aromatic rings. The fourth-order valence-electron chi connectivity index (χ4n) is 2.95. The van der Waals surface area contributed by atoms with Gasteiger partial charge in [-0.1, -0.05) is 6.42 Å². The van der Waals surface area contributed by atoms with Crippen molar-refractivity contribution in [3.05, 3.63) is 28.0 Å². The largest absolute Gasteiger partial charge is 0.433 e. The van der Waals surface area contributed by atoms with Crippen LogP contribution in [0.3, 0.4) is 0 Å². The fourth-order valence-corrected chi connectivity index (χ4v) is 2.95. The van der Waals surface area contributed by atoms with Gasteiger partial charge in [0.05, 0.1) is 12.1 Å². The lowest BCUT2D eigenvalue weighted by Crippen LogP contribution is -2.33. The maximum atomic E-state index is 10.7. The second-order valence-electron chi connectivity index (χ2n) is 5.17. The fraction of sp³-hybridized carbons (Fsp3) is 0.692. The minimum atomic E-state index is -0.479. The summed E-state index contributed by atoms with van der Waals surface area (Å²) in [5, 5.41) is 14.0. The molecule has 6 heteroatoms. The Morgan fingerprint density at radius 2 is 2.32 bits per heavy atom. The molecule has 2 atom stereocenters. The van der Waals surface area contributed by atoms with Crippen LogP contribution in [0.5, 0.6) is 0 Å². The van der Waals surface area contributed by atoms with E-state index in [1.165, 1.54) is 12.5 Å². The molecule has 0 aliphatic carbocycles. The van der Waals surface area contributed by atoms with E-state index in [9.17, 15) is 10.1 Å². The third-order valence-electron chi connectivity index (χ3n) is 3.81. The van der Waals surface area contributed by atoms with E-state index >= 15 is 0 Å². The summed E-state index contributed by atoms with van der Waals surface area (Å²) in [6.45, 7) is 1.89. The molecule has 2 unspecified atom stereocenters. The van der Waals surface area contributed by atoms with Crippen LogP contribution >= 0.6 is 0 Å². The molecule has 106 valence electrons. The van der Waals surface area contributed by atoms with E-state index in [0.717, 1.165) is 25.9 Å². The van der Waals surface area contributed by atoms with Crippen molar-refractivity contribution >= 4 is 5.88 Å². The van der Waals surface area contributed by atoms with Gasteiger partial charge in [-0.25, -0.2) is 0 Å². The zero-order valence-electron chi connectivity index (χ0n) is 11.5. The van der Waals surface area contributed by atoms with Crippen LogP contribution in [0.15, 0.2) is 16.5 Å². The van der Waals surface area contributed by atoms with Crippen LogP contribution in [-0.4, -0.2) is 37.0 Å². The SMILES string of the molecule is CNCC1CCCCN(C)C1c1ccc([N+](=O)[O-])o1. The summed E-state index contributed by atoms with van der Waals surface area (Å²) >= 11 is 0. The molecular weight excluding hydrogens is 246 g/mol. The van der Waals surface area contributed by atoms with Crippen LogP contribution in [-0.2, 0) is 0 Å². The molecule has 0 spiro atoms. The third kappa shape index (κ3) is 3.13. The zero-order chi connectivity index (χ0) is 13.8. The van der Waals surface area contributed by atoms with Gasteiger partial charge in [-0.2, -0.15) is 0 Å². The summed E-state index contributed by atoms with van der Waals surface area (Å²) in [6.07, 6.45) is 3.47. The molecular formula is C13H21N3O3. The van der Waals surface area contributed by atoms with Crippen LogP contribution in [0.4, 0.5) is 5.88 Å². The first-order valence-electron chi connectivity index (χ1n) is 6.72. The van der Waals surface area contributed by atoms with E-state index in [1.54, 1.807) is 6.07 Å². The molecule has 2 rings (SSSR count).